The quantitative estimate of drug-likeness (QED) is 0.422. The maximum Gasteiger partial charge on any atom is 0.270 e. The van der Waals surface area contributed by atoms with Gasteiger partial charge in [0.2, 0.25) is 5.91 Å². The van der Waals surface area contributed by atoms with Crippen LogP contribution in [0.3, 0.4) is 0 Å². The zero-order chi connectivity index (χ0) is 17.2. The molecule has 122 valence electrons. The highest BCUT2D eigenvalue weighted by Gasteiger charge is 2.21. The van der Waals surface area contributed by atoms with E-state index in [9.17, 15) is 19.7 Å². The van der Waals surface area contributed by atoms with Crippen molar-refractivity contribution in [2.45, 2.75) is 12.5 Å². The van der Waals surface area contributed by atoms with Crippen molar-refractivity contribution in [3.05, 3.63) is 39.9 Å². The van der Waals surface area contributed by atoms with Gasteiger partial charge in [-0.1, -0.05) is 12.0 Å². The van der Waals surface area contributed by atoms with Crippen LogP contribution >= 0.6 is 11.8 Å². The van der Waals surface area contributed by atoms with Crippen LogP contribution in [0.5, 0.6) is 0 Å². The molecule has 0 saturated carbocycles. The van der Waals surface area contributed by atoms with E-state index in [2.05, 4.69) is 16.6 Å². The topological polar surface area (TPSA) is 101 Å². The van der Waals surface area contributed by atoms with Crippen LogP contribution in [0.15, 0.2) is 24.3 Å². The normalized spacial score (nSPS) is 11.1. The summed E-state index contributed by atoms with van der Waals surface area (Å²) in [4.78, 5) is 34.4. The van der Waals surface area contributed by atoms with Crippen LogP contribution < -0.4 is 10.6 Å². The van der Waals surface area contributed by atoms with Crippen LogP contribution in [-0.4, -0.2) is 41.3 Å². The van der Waals surface area contributed by atoms with Gasteiger partial charge < -0.3 is 10.6 Å². The number of rotatable bonds is 8. The lowest BCUT2D eigenvalue weighted by molar-refractivity contribution is -0.384. The molecule has 0 aliphatic carbocycles. The van der Waals surface area contributed by atoms with Crippen LogP contribution in [-0.2, 0) is 4.79 Å². The first-order chi connectivity index (χ1) is 11.0. The van der Waals surface area contributed by atoms with Crippen LogP contribution in [0.2, 0.25) is 0 Å². The Morgan fingerprint density at radius 1 is 1.48 bits per heavy atom. The maximum absolute atomic E-state index is 12.2. The molecule has 0 aliphatic heterocycles. The zero-order valence-electron chi connectivity index (χ0n) is 12.6. The summed E-state index contributed by atoms with van der Waals surface area (Å²) in [5.74, 6) is 2.04. The number of amides is 2. The van der Waals surface area contributed by atoms with Gasteiger partial charge in [-0.2, -0.15) is 11.8 Å². The lowest BCUT2D eigenvalue weighted by Gasteiger charge is -2.17. The molecule has 0 radical (unpaired) electrons. The van der Waals surface area contributed by atoms with Gasteiger partial charge in [-0.05, 0) is 24.5 Å². The van der Waals surface area contributed by atoms with E-state index < -0.39 is 16.9 Å². The van der Waals surface area contributed by atoms with Gasteiger partial charge in [-0.15, -0.1) is 6.42 Å². The fourth-order valence-electron chi connectivity index (χ4n) is 1.77. The molecule has 1 aromatic carbocycles. The fourth-order valence-corrected chi connectivity index (χ4v) is 2.24. The number of nitro groups is 1. The third-order valence-electron chi connectivity index (χ3n) is 2.92. The molecule has 7 nitrogen and oxygen atoms in total. The van der Waals surface area contributed by atoms with Gasteiger partial charge in [-0.25, -0.2) is 0 Å². The first kappa shape index (κ1) is 18.5. The van der Waals surface area contributed by atoms with Gasteiger partial charge >= 0.3 is 0 Å². The average Bonchev–Trinajstić information content (AvgIpc) is 2.56. The largest absolute Gasteiger partial charge is 0.343 e. The predicted molar refractivity (Wildman–Crippen MR) is 89.2 cm³/mol. The van der Waals surface area contributed by atoms with Gasteiger partial charge in [0, 0.05) is 17.7 Å². The number of thioether (sulfide) groups is 1. The Kier molecular flexibility index (Phi) is 7.63. The van der Waals surface area contributed by atoms with E-state index in [1.54, 1.807) is 0 Å². The van der Waals surface area contributed by atoms with Crippen molar-refractivity contribution in [2.75, 3.05) is 18.6 Å². The third-order valence-corrected chi connectivity index (χ3v) is 3.56. The summed E-state index contributed by atoms with van der Waals surface area (Å²) in [5, 5.41) is 15.9. The molecule has 0 bridgehead atoms. The Bertz CT molecular complexity index is 627. The molecule has 0 spiro atoms. The standard InChI is InChI=1S/C15H17N3O4S/c1-3-8-16-15(20)13(7-9-23-2)17-14(19)11-5-4-6-12(10-11)18(21)22/h1,4-6,10,13H,7-9H2,2H3,(H,16,20)(H,17,19). The zero-order valence-corrected chi connectivity index (χ0v) is 13.4. The Hall–Kier alpha value is -2.53. The number of hydrogen-bond acceptors (Lipinski definition) is 5. The van der Waals surface area contributed by atoms with E-state index in [4.69, 9.17) is 6.42 Å². The van der Waals surface area contributed by atoms with Crippen molar-refractivity contribution < 1.29 is 14.5 Å². The van der Waals surface area contributed by atoms with Gasteiger partial charge in [0.15, 0.2) is 0 Å². The highest BCUT2D eigenvalue weighted by Crippen LogP contribution is 2.13. The molecule has 0 aliphatic rings. The minimum Gasteiger partial charge on any atom is -0.343 e. The predicted octanol–water partition coefficient (Wildman–Crippen LogP) is 1.20. The molecule has 2 N–H and O–H groups in total. The van der Waals surface area contributed by atoms with Gasteiger partial charge in [0.1, 0.15) is 6.04 Å². The number of nitro benzene ring substituents is 1. The van der Waals surface area contributed by atoms with Gasteiger partial charge in [0.25, 0.3) is 11.6 Å². The number of carbonyl (C=O) groups excluding carboxylic acids is 2. The van der Waals surface area contributed by atoms with Crippen LogP contribution in [0.25, 0.3) is 0 Å². The van der Waals surface area contributed by atoms with E-state index >= 15 is 0 Å². The van der Waals surface area contributed by atoms with E-state index in [0.29, 0.717) is 12.2 Å². The molecular formula is C15H17N3O4S. The molecule has 2 amide bonds. The Morgan fingerprint density at radius 3 is 2.83 bits per heavy atom. The molecule has 1 rings (SSSR count). The van der Waals surface area contributed by atoms with E-state index in [-0.39, 0.29) is 23.7 Å². The van der Waals surface area contributed by atoms with Crippen LogP contribution in [0, 0.1) is 22.5 Å². The van der Waals surface area contributed by atoms with Crippen molar-refractivity contribution in [3.63, 3.8) is 0 Å². The number of nitrogens with zero attached hydrogens (tertiary/aromatic N) is 1. The van der Waals surface area contributed by atoms with Crippen molar-refractivity contribution in [1.29, 1.82) is 0 Å². The molecule has 1 aromatic rings. The molecule has 1 unspecified atom stereocenters. The van der Waals surface area contributed by atoms with E-state index in [1.165, 1.54) is 36.0 Å². The number of nitrogens with one attached hydrogen (secondary N) is 2. The third kappa shape index (κ3) is 6.00. The van der Waals surface area contributed by atoms with Crippen LogP contribution in [0.1, 0.15) is 16.8 Å². The molecule has 0 saturated heterocycles. The lowest BCUT2D eigenvalue weighted by atomic mass is 10.1. The first-order valence-corrected chi connectivity index (χ1v) is 8.14. The summed E-state index contributed by atoms with van der Waals surface area (Å²) in [6.45, 7) is 0.0707. The Labute approximate surface area is 138 Å². The number of hydrogen-bond donors (Lipinski definition) is 2. The molecule has 0 aromatic heterocycles. The summed E-state index contributed by atoms with van der Waals surface area (Å²) in [7, 11) is 0. The summed E-state index contributed by atoms with van der Waals surface area (Å²) in [5.41, 5.74) is -0.0619. The monoisotopic (exact) mass is 335 g/mol. The Balaban J connectivity index is 2.83. The molecule has 0 fully saturated rings. The average molecular weight is 335 g/mol. The maximum atomic E-state index is 12.2. The molecular weight excluding hydrogens is 318 g/mol. The molecule has 23 heavy (non-hydrogen) atoms. The first-order valence-electron chi connectivity index (χ1n) is 6.75. The summed E-state index contributed by atoms with van der Waals surface area (Å²) >= 11 is 1.54. The smallest absolute Gasteiger partial charge is 0.270 e. The highest BCUT2D eigenvalue weighted by atomic mass is 32.2. The number of terminal acetylenes is 1. The number of non-ortho nitro benzene ring substituents is 1. The van der Waals surface area contributed by atoms with Crippen molar-refractivity contribution in [1.82, 2.24) is 10.6 Å². The van der Waals surface area contributed by atoms with Crippen molar-refractivity contribution in [3.8, 4) is 12.3 Å². The van der Waals surface area contributed by atoms with E-state index in [1.807, 2.05) is 6.26 Å². The fraction of sp³-hybridized carbons (Fsp3) is 0.333. The van der Waals surface area contributed by atoms with E-state index in [0.717, 1.165) is 0 Å². The summed E-state index contributed by atoms with van der Waals surface area (Å²) in [6.07, 6.45) is 7.41. The SMILES string of the molecule is C#CCNC(=O)C(CCSC)NC(=O)c1cccc([N+](=O)[O-])c1. The Morgan fingerprint density at radius 2 is 2.22 bits per heavy atom. The second kappa shape index (κ2) is 9.48. The highest BCUT2D eigenvalue weighted by molar-refractivity contribution is 7.98. The van der Waals surface area contributed by atoms with Gasteiger partial charge in [-0.3, -0.25) is 19.7 Å². The molecule has 1 atom stereocenters. The van der Waals surface area contributed by atoms with Crippen molar-refractivity contribution in [2.24, 2.45) is 0 Å². The summed E-state index contributed by atoms with van der Waals surface area (Å²) in [6, 6.07) is 4.58. The minimum absolute atomic E-state index is 0.0707. The minimum atomic E-state index is -0.748. The van der Waals surface area contributed by atoms with Crippen molar-refractivity contribution >= 4 is 29.3 Å². The lowest BCUT2D eigenvalue weighted by Crippen LogP contribution is -2.47. The number of carbonyl (C=O) groups is 2. The molecule has 0 heterocycles. The number of benzene rings is 1. The van der Waals surface area contributed by atoms with Crippen LogP contribution in [0.4, 0.5) is 5.69 Å². The second-order valence-electron chi connectivity index (χ2n) is 4.54. The van der Waals surface area contributed by atoms with Gasteiger partial charge in [0.05, 0.1) is 11.5 Å². The molecule has 8 heteroatoms. The second-order valence-corrected chi connectivity index (χ2v) is 5.52. The summed E-state index contributed by atoms with van der Waals surface area (Å²) < 4.78 is 0.